The van der Waals surface area contributed by atoms with Gasteiger partial charge in [-0.25, -0.2) is 0 Å². The van der Waals surface area contributed by atoms with Gasteiger partial charge in [0.25, 0.3) is 0 Å². The highest BCUT2D eigenvalue weighted by Crippen LogP contribution is 2.44. The first kappa shape index (κ1) is 6.62. The van der Waals surface area contributed by atoms with E-state index in [9.17, 15) is 0 Å². The number of hydrazone groups is 1. The van der Waals surface area contributed by atoms with Gasteiger partial charge in [-0.1, -0.05) is 18.2 Å². The molecule has 0 spiro atoms. The summed E-state index contributed by atoms with van der Waals surface area (Å²) in [7, 11) is 0. The number of rotatable bonds is 0. The van der Waals surface area contributed by atoms with E-state index < -0.39 is 0 Å². The molecule has 0 amide bonds. The molecule has 4 heteroatoms. The van der Waals surface area contributed by atoms with Crippen LogP contribution < -0.4 is 16.1 Å². The molecule has 1 aromatic carbocycles. The molecule has 1 aromatic rings. The van der Waals surface area contributed by atoms with Gasteiger partial charge in [0.05, 0.1) is 5.69 Å². The summed E-state index contributed by atoms with van der Waals surface area (Å²) in [6.07, 6.45) is 6.30. The Hall–Kier alpha value is -1.81. The Morgan fingerprint density at radius 3 is 3.36 bits per heavy atom. The highest BCUT2D eigenvalue weighted by molar-refractivity contribution is 5.93. The largest absolute Gasteiger partial charge is 0.300 e. The molecule has 14 heavy (non-hydrogen) atoms. The Morgan fingerprint density at radius 1 is 1.36 bits per heavy atom. The van der Waals surface area contributed by atoms with Crippen LogP contribution >= 0.6 is 0 Å². The third kappa shape index (κ3) is 0.590. The summed E-state index contributed by atoms with van der Waals surface area (Å²) >= 11 is 0. The Balaban J connectivity index is 2.13. The van der Waals surface area contributed by atoms with E-state index in [1.807, 2.05) is 6.21 Å². The van der Waals surface area contributed by atoms with Crippen molar-refractivity contribution in [3.05, 3.63) is 29.3 Å². The number of nitrogens with zero attached hydrogens (tertiary/aromatic N) is 2. The van der Waals surface area contributed by atoms with E-state index in [0.29, 0.717) is 5.92 Å². The van der Waals surface area contributed by atoms with Crippen LogP contribution in [0.25, 0.3) is 6.08 Å². The Labute approximate surface area is 80.8 Å². The standard InChI is InChI=1S/C10H8N4/c1-2-7-5-11-14-10-8(12-13-14)4-3-6(1)9(7)10/h1-5,7,12-13H. The fourth-order valence-electron chi connectivity index (χ4n) is 2.27. The molecule has 1 aliphatic carbocycles. The monoisotopic (exact) mass is 184 g/mol. The average molecular weight is 184 g/mol. The quantitative estimate of drug-likeness (QED) is 0.641. The van der Waals surface area contributed by atoms with Gasteiger partial charge in [0.15, 0.2) is 0 Å². The molecular formula is C10H8N4. The van der Waals surface area contributed by atoms with E-state index in [4.69, 9.17) is 0 Å². The predicted molar refractivity (Wildman–Crippen MR) is 55.9 cm³/mol. The van der Waals surface area contributed by atoms with Gasteiger partial charge >= 0.3 is 0 Å². The number of nitrogens with one attached hydrogen (secondary N) is 2. The maximum Gasteiger partial charge on any atom is 0.109 e. The van der Waals surface area contributed by atoms with Gasteiger partial charge < -0.3 is 5.43 Å². The van der Waals surface area contributed by atoms with E-state index in [1.54, 1.807) is 5.12 Å². The van der Waals surface area contributed by atoms with Crippen LogP contribution in [-0.4, -0.2) is 6.21 Å². The van der Waals surface area contributed by atoms with Crippen molar-refractivity contribution in [2.24, 2.45) is 5.10 Å². The number of benzene rings is 1. The SMILES string of the molecule is C1=CC2C=NN3NNc4ccc1c2c43. The molecule has 68 valence electrons. The molecule has 0 aromatic heterocycles. The molecule has 0 bridgehead atoms. The van der Waals surface area contributed by atoms with Crippen molar-refractivity contribution < 1.29 is 0 Å². The van der Waals surface area contributed by atoms with Crippen LogP contribution in [0, 0.1) is 0 Å². The van der Waals surface area contributed by atoms with Crippen molar-refractivity contribution in [2.45, 2.75) is 5.92 Å². The van der Waals surface area contributed by atoms with Gasteiger partial charge in [-0.3, -0.25) is 0 Å². The summed E-state index contributed by atoms with van der Waals surface area (Å²) in [4.78, 5) is 0. The van der Waals surface area contributed by atoms with Crippen LogP contribution in [-0.2, 0) is 0 Å². The third-order valence-electron chi connectivity index (χ3n) is 2.92. The molecule has 3 aliphatic rings. The van der Waals surface area contributed by atoms with Gasteiger partial charge in [-0.2, -0.15) is 10.2 Å². The van der Waals surface area contributed by atoms with Gasteiger partial charge in [0.2, 0.25) is 0 Å². The smallest absolute Gasteiger partial charge is 0.109 e. The molecule has 2 heterocycles. The zero-order chi connectivity index (χ0) is 9.12. The van der Waals surface area contributed by atoms with E-state index >= 15 is 0 Å². The second-order valence-electron chi connectivity index (χ2n) is 3.66. The van der Waals surface area contributed by atoms with Gasteiger partial charge in [-0.05, 0) is 11.6 Å². The molecular weight excluding hydrogens is 176 g/mol. The van der Waals surface area contributed by atoms with Crippen LogP contribution in [0.2, 0.25) is 0 Å². The lowest BCUT2D eigenvalue weighted by molar-refractivity contribution is 0.754. The van der Waals surface area contributed by atoms with Crippen molar-refractivity contribution >= 4 is 23.7 Å². The van der Waals surface area contributed by atoms with E-state index in [0.717, 1.165) is 5.69 Å². The summed E-state index contributed by atoms with van der Waals surface area (Å²) < 4.78 is 0. The molecule has 0 radical (unpaired) electrons. The molecule has 0 saturated heterocycles. The Morgan fingerprint density at radius 2 is 2.36 bits per heavy atom. The second kappa shape index (κ2) is 1.99. The van der Waals surface area contributed by atoms with E-state index in [2.05, 4.69) is 40.3 Å². The minimum atomic E-state index is 0.359. The van der Waals surface area contributed by atoms with Crippen LogP contribution in [0.4, 0.5) is 11.4 Å². The molecule has 0 fully saturated rings. The van der Waals surface area contributed by atoms with Crippen LogP contribution in [0.3, 0.4) is 0 Å². The maximum absolute atomic E-state index is 4.31. The topological polar surface area (TPSA) is 39.7 Å². The number of hydrazine groups is 2. The molecule has 4 rings (SSSR count). The van der Waals surface area contributed by atoms with Gasteiger partial charge in [0.1, 0.15) is 5.69 Å². The van der Waals surface area contributed by atoms with Crippen molar-refractivity contribution in [3.8, 4) is 0 Å². The molecule has 4 nitrogen and oxygen atoms in total. The molecule has 0 saturated carbocycles. The molecule has 1 unspecified atom stereocenters. The average Bonchev–Trinajstić information content (AvgIpc) is 2.77. The predicted octanol–water partition coefficient (Wildman–Crippen LogP) is 1.45. The second-order valence-corrected chi connectivity index (χ2v) is 3.66. The number of hydrogen-bond donors (Lipinski definition) is 2. The van der Waals surface area contributed by atoms with Crippen LogP contribution in [0.15, 0.2) is 23.3 Å². The zero-order valence-corrected chi connectivity index (χ0v) is 7.36. The van der Waals surface area contributed by atoms with Crippen molar-refractivity contribution in [2.75, 3.05) is 10.5 Å². The molecule has 1 atom stereocenters. The van der Waals surface area contributed by atoms with Crippen LogP contribution in [0.1, 0.15) is 17.0 Å². The first-order valence-corrected chi connectivity index (χ1v) is 4.64. The summed E-state index contributed by atoms with van der Waals surface area (Å²) in [5, 5.41) is 6.10. The lowest BCUT2D eigenvalue weighted by Crippen LogP contribution is -2.33. The van der Waals surface area contributed by atoms with Crippen LogP contribution in [0.5, 0.6) is 0 Å². The minimum absolute atomic E-state index is 0.359. The highest BCUT2D eigenvalue weighted by Gasteiger charge is 2.31. The number of hydrogen-bond acceptors (Lipinski definition) is 4. The fourth-order valence-corrected chi connectivity index (χ4v) is 2.27. The first-order chi connectivity index (χ1) is 6.93. The summed E-state index contributed by atoms with van der Waals surface area (Å²) in [5.41, 5.74) is 11.0. The highest BCUT2D eigenvalue weighted by atomic mass is 15.8. The van der Waals surface area contributed by atoms with E-state index in [-0.39, 0.29) is 0 Å². The van der Waals surface area contributed by atoms with Crippen molar-refractivity contribution in [3.63, 3.8) is 0 Å². The number of allylic oxidation sites excluding steroid dienone is 1. The van der Waals surface area contributed by atoms with Crippen molar-refractivity contribution in [1.82, 2.24) is 5.53 Å². The van der Waals surface area contributed by atoms with Gasteiger partial charge in [0, 0.05) is 17.7 Å². The normalized spacial score (nSPS) is 24.0. The fraction of sp³-hybridized carbons (Fsp3) is 0.100. The Kier molecular flexibility index (Phi) is 0.938. The summed E-state index contributed by atoms with van der Waals surface area (Å²) in [6.45, 7) is 0. The summed E-state index contributed by atoms with van der Waals surface area (Å²) in [5.74, 6) is 0.359. The zero-order valence-electron chi connectivity index (χ0n) is 7.36. The molecule has 2 aliphatic heterocycles. The minimum Gasteiger partial charge on any atom is -0.300 e. The van der Waals surface area contributed by atoms with E-state index in [1.165, 1.54) is 16.8 Å². The Bertz CT molecular complexity index is 489. The first-order valence-electron chi connectivity index (χ1n) is 4.64. The maximum atomic E-state index is 4.31. The van der Waals surface area contributed by atoms with Gasteiger partial charge in [-0.15, -0.1) is 5.53 Å². The summed E-state index contributed by atoms with van der Waals surface area (Å²) in [6, 6.07) is 4.22. The lowest BCUT2D eigenvalue weighted by Gasteiger charge is -2.21. The third-order valence-corrected chi connectivity index (χ3v) is 2.92. The lowest BCUT2D eigenvalue weighted by atomic mass is 9.98. The molecule has 2 N–H and O–H groups in total. The van der Waals surface area contributed by atoms with Crippen molar-refractivity contribution in [1.29, 1.82) is 0 Å². The number of anilines is 2.